The van der Waals surface area contributed by atoms with Crippen LogP contribution in [-0.2, 0) is 6.42 Å². The molecule has 0 bridgehead atoms. The van der Waals surface area contributed by atoms with Crippen LogP contribution in [0.15, 0.2) is 42.6 Å². The molecule has 0 saturated heterocycles. The van der Waals surface area contributed by atoms with Crippen LogP contribution in [0, 0.1) is 0 Å². The maximum Gasteiger partial charge on any atom is 0.251 e. The van der Waals surface area contributed by atoms with Crippen LogP contribution < -0.4 is 10.6 Å². The first kappa shape index (κ1) is 17.0. The molecule has 4 heteroatoms. The Balaban J connectivity index is 1.96. The highest BCUT2D eigenvalue weighted by atomic mass is 16.1. The minimum atomic E-state index is -0.0483. The van der Waals surface area contributed by atoms with Crippen LogP contribution in [0.4, 0.5) is 11.5 Å². The fourth-order valence-corrected chi connectivity index (χ4v) is 2.29. The number of benzene rings is 1. The molecule has 2 N–H and O–H groups in total. The van der Waals surface area contributed by atoms with Crippen molar-refractivity contribution in [2.45, 2.75) is 39.5 Å². The van der Waals surface area contributed by atoms with Crippen LogP contribution in [0.2, 0.25) is 0 Å². The van der Waals surface area contributed by atoms with Crippen LogP contribution in [-0.4, -0.2) is 17.4 Å². The highest BCUT2D eigenvalue weighted by molar-refractivity contribution is 5.94. The summed E-state index contributed by atoms with van der Waals surface area (Å²) in [6.07, 6.45) is 5.98. The van der Waals surface area contributed by atoms with Gasteiger partial charge in [0.2, 0.25) is 0 Å². The smallest absolute Gasteiger partial charge is 0.251 e. The number of nitrogens with one attached hydrogen (secondary N) is 2. The van der Waals surface area contributed by atoms with Gasteiger partial charge in [-0.1, -0.05) is 38.8 Å². The highest BCUT2D eigenvalue weighted by Crippen LogP contribution is 2.16. The monoisotopic (exact) mass is 311 g/mol. The first-order valence-electron chi connectivity index (χ1n) is 8.33. The summed E-state index contributed by atoms with van der Waals surface area (Å²) >= 11 is 0. The lowest BCUT2D eigenvalue weighted by Gasteiger charge is -2.09. The number of pyridine rings is 1. The molecule has 0 saturated carbocycles. The third-order valence-electron chi connectivity index (χ3n) is 3.72. The summed E-state index contributed by atoms with van der Waals surface area (Å²) < 4.78 is 0. The zero-order chi connectivity index (χ0) is 16.5. The van der Waals surface area contributed by atoms with Crippen molar-refractivity contribution in [3.8, 4) is 0 Å². The predicted molar refractivity (Wildman–Crippen MR) is 95.2 cm³/mol. The summed E-state index contributed by atoms with van der Waals surface area (Å²) in [5.74, 6) is 0.628. The Morgan fingerprint density at radius 2 is 1.87 bits per heavy atom. The Bertz CT molecular complexity index is 623. The topological polar surface area (TPSA) is 54.0 Å². The number of rotatable bonds is 8. The van der Waals surface area contributed by atoms with Gasteiger partial charge in [0.1, 0.15) is 5.82 Å². The molecule has 0 aliphatic heterocycles. The van der Waals surface area contributed by atoms with Gasteiger partial charge in [-0.15, -0.1) is 0 Å². The molecule has 1 aromatic carbocycles. The third-order valence-corrected chi connectivity index (χ3v) is 3.72. The van der Waals surface area contributed by atoms with Gasteiger partial charge in [0, 0.05) is 24.0 Å². The molecular weight excluding hydrogens is 286 g/mol. The largest absolute Gasteiger partial charge is 0.352 e. The Kier molecular flexibility index (Phi) is 6.60. The molecule has 2 aromatic rings. The summed E-state index contributed by atoms with van der Waals surface area (Å²) in [6.45, 7) is 5.00. The molecule has 0 spiro atoms. The second-order valence-electron chi connectivity index (χ2n) is 5.57. The molecule has 0 radical (unpaired) electrons. The van der Waals surface area contributed by atoms with E-state index in [1.807, 2.05) is 12.1 Å². The van der Waals surface area contributed by atoms with Crippen LogP contribution in [0.3, 0.4) is 0 Å². The molecule has 4 nitrogen and oxygen atoms in total. The molecule has 23 heavy (non-hydrogen) atoms. The van der Waals surface area contributed by atoms with E-state index in [9.17, 15) is 4.79 Å². The fraction of sp³-hybridized carbons (Fsp3) is 0.368. The van der Waals surface area contributed by atoms with Crippen LogP contribution in [0.1, 0.15) is 49.0 Å². The van der Waals surface area contributed by atoms with Gasteiger partial charge in [-0.2, -0.15) is 0 Å². The molecule has 0 aliphatic rings. The molecule has 122 valence electrons. The average Bonchev–Trinajstić information content (AvgIpc) is 2.59. The van der Waals surface area contributed by atoms with Crippen molar-refractivity contribution >= 4 is 17.4 Å². The number of amides is 1. The summed E-state index contributed by atoms with van der Waals surface area (Å²) in [7, 11) is 0. The molecular formula is C19H25N3O. The number of aryl methyl sites for hydroxylation is 1. The first-order chi connectivity index (χ1) is 11.2. The quantitative estimate of drug-likeness (QED) is 0.714. The van der Waals surface area contributed by atoms with Gasteiger partial charge < -0.3 is 10.6 Å². The summed E-state index contributed by atoms with van der Waals surface area (Å²) in [6, 6.07) is 11.7. The standard InChI is InChI=1S/C19H25N3O/c1-3-5-6-12-21-19(23)16-11-13-20-18(14-16)22-17-9-7-15(4-2)8-10-17/h7-11,13-14H,3-6,12H2,1-2H3,(H,20,22)(H,21,23). The number of carbonyl (C=O) groups excluding carboxylic acids is 1. The number of nitrogens with zero attached hydrogens (tertiary/aromatic N) is 1. The van der Waals surface area contributed by atoms with Gasteiger partial charge in [-0.25, -0.2) is 4.98 Å². The van der Waals surface area contributed by atoms with E-state index in [-0.39, 0.29) is 5.91 Å². The molecule has 0 aliphatic carbocycles. The van der Waals surface area contributed by atoms with Crippen molar-refractivity contribution in [1.82, 2.24) is 10.3 Å². The Morgan fingerprint density at radius 1 is 1.09 bits per heavy atom. The van der Waals surface area contributed by atoms with E-state index in [1.54, 1.807) is 18.3 Å². The maximum absolute atomic E-state index is 12.1. The number of aromatic nitrogens is 1. The maximum atomic E-state index is 12.1. The van der Waals surface area contributed by atoms with E-state index < -0.39 is 0 Å². The summed E-state index contributed by atoms with van der Waals surface area (Å²) in [5.41, 5.74) is 2.89. The first-order valence-corrected chi connectivity index (χ1v) is 8.33. The highest BCUT2D eigenvalue weighted by Gasteiger charge is 2.06. The number of hydrogen-bond acceptors (Lipinski definition) is 3. The fourth-order valence-electron chi connectivity index (χ4n) is 2.29. The molecule has 0 unspecified atom stereocenters. The SMILES string of the molecule is CCCCCNC(=O)c1ccnc(Nc2ccc(CC)cc2)c1. The van der Waals surface area contributed by atoms with Gasteiger partial charge in [-0.05, 0) is 42.7 Å². The number of hydrogen-bond donors (Lipinski definition) is 2. The molecule has 1 aromatic heterocycles. The molecule has 0 atom stereocenters. The van der Waals surface area contributed by atoms with E-state index >= 15 is 0 Å². The molecule has 2 rings (SSSR count). The Morgan fingerprint density at radius 3 is 2.57 bits per heavy atom. The van der Waals surface area contributed by atoms with Crippen molar-refractivity contribution in [3.63, 3.8) is 0 Å². The number of carbonyl (C=O) groups is 1. The Hall–Kier alpha value is -2.36. The third kappa shape index (κ3) is 5.40. The van der Waals surface area contributed by atoms with Crippen molar-refractivity contribution in [3.05, 3.63) is 53.7 Å². The lowest BCUT2D eigenvalue weighted by Crippen LogP contribution is -2.24. The van der Waals surface area contributed by atoms with E-state index in [0.717, 1.165) is 37.9 Å². The summed E-state index contributed by atoms with van der Waals surface area (Å²) in [4.78, 5) is 16.4. The van der Waals surface area contributed by atoms with Gasteiger partial charge >= 0.3 is 0 Å². The van der Waals surface area contributed by atoms with Gasteiger partial charge in [0.15, 0.2) is 0 Å². The average molecular weight is 311 g/mol. The Labute approximate surface area is 138 Å². The second kappa shape index (κ2) is 8.93. The van der Waals surface area contributed by atoms with Crippen molar-refractivity contribution in [2.24, 2.45) is 0 Å². The normalized spacial score (nSPS) is 10.3. The molecule has 0 fully saturated rings. The zero-order valence-corrected chi connectivity index (χ0v) is 13.9. The molecule has 1 amide bonds. The van der Waals surface area contributed by atoms with E-state index in [2.05, 4.69) is 41.6 Å². The van der Waals surface area contributed by atoms with Crippen molar-refractivity contribution < 1.29 is 4.79 Å². The van der Waals surface area contributed by atoms with Crippen LogP contribution in [0.5, 0.6) is 0 Å². The van der Waals surface area contributed by atoms with E-state index in [4.69, 9.17) is 0 Å². The molecule has 1 heterocycles. The van der Waals surface area contributed by atoms with Crippen molar-refractivity contribution in [1.29, 1.82) is 0 Å². The van der Waals surface area contributed by atoms with E-state index in [0.29, 0.717) is 11.4 Å². The van der Waals surface area contributed by atoms with Gasteiger partial charge in [0.25, 0.3) is 5.91 Å². The number of anilines is 2. The summed E-state index contributed by atoms with van der Waals surface area (Å²) in [5, 5.41) is 6.18. The lowest BCUT2D eigenvalue weighted by molar-refractivity contribution is 0.0953. The number of unbranched alkanes of at least 4 members (excludes halogenated alkanes) is 2. The second-order valence-corrected chi connectivity index (χ2v) is 5.57. The minimum absolute atomic E-state index is 0.0483. The van der Waals surface area contributed by atoms with Gasteiger partial charge in [0.05, 0.1) is 0 Å². The van der Waals surface area contributed by atoms with Crippen LogP contribution >= 0.6 is 0 Å². The van der Waals surface area contributed by atoms with E-state index in [1.165, 1.54) is 5.56 Å². The van der Waals surface area contributed by atoms with Crippen molar-refractivity contribution in [2.75, 3.05) is 11.9 Å². The van der Waals surface area contributed by atoms with Crippen LogP contribution in [0.25, 0.3) is 0 Å². The minimum Gasteiger partial charge on any atom is -0.352 e. The zero-order valence-electron chi connectivity index (χ0n) is 13.9. The lowest BCUT2D eigenvalue weighted by atomic mass is 10.1. The predicted octanol–water partition coefficient (Wildman–Crippen LogP) is 4.31. The van der Waals surface area contributed by atoms with Gasteiger partial charge in [-0.3, -0.25) is 4.79 Å².